The van der Waals surface area contributed by atoms with Crippen LogP contribution in [0.5, 0.6) is 0 Å². The molecule has 0 amide bonds. The minimum absolute atomic E-state index is 0.523. The topological polar surface area (TPSA) is 81.1 Å². The van der Waals surface area contributed by atoms with Crippen LogP contribution in [0, 0.1) is 5.92 Å². The Labute approximate surface area is 87.9 Å². The minimum Gasteiger partial charge on any atom is -0.480 e. The zero-order chi connectivity index (χ0) is 11.0. The Bertz CT molecular complexity index is 386. The first-order valence-electron chi connectivity index (χ1n) is 5.12. The molecule has 0 fully saturated rings. The van der Waals surface area contributed by atoms with Crippen LogP contribution in [0.2, 0.25) is 0 Å². The number of hydrogen-bond acceptors (Lipinski definition) is 3. The summed E-state index contributed by atoms with van der Waals surface area (Å²) in [7, 11) is 0. The SMILES string of the molecule is CC1CCc2c(C(N)C(=O)O)ncn2C1. The Morgan fingerprint density at radius 2 is 2.53 bits per heavy atom. The van der Waals surface area contributed by atoms with Gasteiger partial charge in [-0.1, -0.05) is 6.92 Å². The van der Waals surface area contributed by atoms with Crippen LogP contribution in [-0.4, -0.2) is 20.6 Å². The highest BCUT2D eigenvalue weighted by Gasteiger charge is 2.25. The van der Waals surface area contributed by atoms with Crippen molar-refractivity contribution in [2.45, 2.75) is 32.4 Å². The van der Waals surface area contributed by atoms with E-state index in [1.807, 2.05) is 4.57 Å². The van der Waals surface area contributed by atoms with Gasteiger partial charge in [-0.2, -0.15) is 0 Å². The van der Waals surface area contributed by atoms with Gasteiger partial charge >= 0.3 is 5.97 Å². The van der Waals surface area contributed by atoms with Crippen molar-refractivity contribution >= 4 is 5.97 Å². The van der Waals surface area contributed by atoms with Crippen LogP contribution in [0.15, 0.2) is 6.33 Å². The number of fused-ring (bicyclic) bond motifs is 1. The molecule has 1 aromatic rings. The summed E-state index contributed by atoms with van der Waals surface area (Å²) in [6.07, 6.45) is 3.64. The van der Waals surface area contributed by atoms with Crippen molar-refractivity contribution in [3.8, 4) is 0 Å². The van der Waals surface area contributed by atoms with Gasteiger partial charge in [-0.05, 0) is 18.8 Å². The summed E-state index contributed by atoms with van der Waals surface area (Å²) in [6.45, 7) is 3.09. The first kappa shape index (κ1) is 10.2. The number of nitrogens with two attached hydrogens (primary N) is 1. The third-order valence-electron chi connectivity index (χ3n) is 2.92. The standard InChI is InChI=1S/C10H15N3O2/c1-6-2-3-7-9(8(11)10(14)15)12-5-13(7)4-6/h5-6,8H,2-4,11H2,1H3,(H,14,15). The fourth-order valence-electron chi connectivity index (χ4n) is 2.04. The zero-order valence-corrected chi connectivity index (χ0v) is 8.68. The molecular formula is C10H15N3O2. The van der Waals surface area contributed by atoms with Crippen molar-refractivity contribution in [3.05, 3.63) is 17.7 Å². The third kappa shape index (κ3) is 1.74. The maximum atomic E-state index is 10.8. The van der Waals surface area contributed by atoms with E-state index in [-0.39, 0.29) is 0 Å². The molecule has 2 heterocycles. The lowest BCUT2D eigenvalue weighted by Crippen LogP contribution is -2.25. The van der Waals surface area contributed by atoms with Crippen LogP contribution in [0.4, 0.5) is 0 Å². The van der Waals surface area contributed by atoms with Crippen molar-refractivity contribution in [2.75, 3.05) is 0 Å². The molecule has 5 heteroatoms. The number of rotatable bonds is 2. The molecule has 0 bridgehead atoms. The van der Waals surface area contributed by atoms with Crippen molar-refractivity contribution in [3.63, 3.8) is 0 Å². The maximum Gasteiger partial charge on any atom is 0.326 e. The summed E-state index contributed by atoms with van der Waals surface area (Å²) in [5, 5.41) is 8.83. The van der Waals surface area contributed by atoms with E-state index >= 15 is 0 Å². The molecule has 0 saturated carbocycles. The first-order chi connectivity index (χ1) is 7.09. The molecule has 2 atom stereocenters. The number of aromatic nitrogens is 2. The maximum absolute atomic E-state index is 10.8. The summed E-state index contributed by atoms with van der Waals surface area (Å²) in [5.41, 5.74) is 7.08. The predicted octanol–water partition coefficient (Wildman–Crippen LogP) is 0.550. The number of imidazole rings is 1. The molecule has 1 aliphatic rings. The molecule has 3 N–H and O–H groups in total. The second kappa shape index (κ2) is 3.66. The van der Waals surface area contributed by atoms with Gasteiger partial charge in [0.25, 0.3) is 0 Å². The number of carbonyl (C=O) groups is 1. The summed E-state index contributed by atoms with van der Waals surface area (Å²) in [5.74, 6) is -0.393. The largest absolute Gasteiger partial charge is 0.480 e. The Morgan fingerprint density at radius 3 is 3.20 bits per heavy atom. The monoisotopic (exact) mass is 209 g/mol. The highest BCUT2D eigenvalue weighted by atomic mass is 16.4. The zero-order valence-electron chi connectivity index (χ0n) is 8.68. The van der Waals surface area contributed by atoms with E-state index in [1.54, 1.807) is 6.33 Å². The Hall–Kier alpha value is -1.36. The molecule has 5 nitrogen and oxygen atoms in total. The molecule has 0 aliphatic carbocycles. The average molecular weight is 209 g/mol. The van der Waals surface area contributed by atoms with E-state index in [9.17, 15) is 4.79 Å². The van der Waals surface area contributed by atoms with E-state index in [4.69, 9.17) is 10.8 Å². The van der Waals surface area contributed by atoms with Crippen LogP contribution in [-0.2, 0) is 17.8 Å². The van der Waals surface area contributed by atoms with Gasteiger partial charge in [-0.25, -0.2) is 4.98 Å². The molecule has 15 heavy (non-hydrogen) atoms. The first-order valence-corrected chi connectivity index (χ1v) is 5.12. The molecule has 0 saturated heterocycles. The number of nitrogens with zero attached hydrogens (tertiary/aromatic N) is 2. The van der Waals surface area contributed by atoms with E-state index in [0.717, 1.165) is 25.1 Å². The van der Waals surface area contributed by atoms with Gasteiger partial charge < -0.3 is 15.4 Å². The molecule has 1 aromatic heterocycles. The van der Waals surface area contributed by atoms with E-state index < -0.39 is 12.0 Å². The fourth-order valence-corrected chi connectivity index (χ4v) is 2.04. The molecule has 0 aromatic carbocycles. The van der Waals surface area contributed by atoms with Gasteiger partial charge in [-0.15, -0.1) is 0 Å². The molecule has 0 spiro atoms. The van der Waals surface area contributed by atoms with Crippen LogP contribution in [0.1, 0.15) is 30.8 Å². The molecule has 2 rings (SSSR count). The van der Waals surface area contributed by atoms with Gasteiger partial charge in [0.1, 0.15) is 6.04 Å². The molecule has 1 aliphatic heterocycles. The Kier molecular flexibility index (Phi) is 2.48. The summed E-state index contributed by atoms with van der Waals surface area (Å²) >= 11 is 0. The number of aliphatic carboxylic acids is 1. The number of carboxylic acid groups (broad SMARTS) is 1. The highest BCUT2D eigenvalue weighted by molar-refractivity contribution is 5.74. The van der Waals surface area contributed by atoms with Crippen LogP contribution in [0.3, 0.4) is 0 Å². The second-order valence-electron chi connectivity index (χ2n) is 4.19. The number of carboxylic acids is 1. The summed E-state index contributed by atoms with van der Waals surface area (Å²) in [6, 6.07) is -0.991. The highest BCUT2D eigenvalue weighted by Crippen LogP contribution is 2.24. The lowest BCUT2D eigenvalue weighted by molar-refractivity contribution is -0.138. The Morgan fingerprint density at radius 1 is 1.80 bits per heavy atom. The lowest BCUT2D eigenvalue weighted by atomic mass is 9.98. The Balaban J connectivity index is 2.32. The van der Waals surface area contributed by atoms with Crippen molar-refractivity contribution in [2.24, 2.45) is 11.7 Å². The molecule has 82 valence electrons. The number of hydrogen-bond donors (Lipinski definition) is 2. The fraction of sp³-hybridized carbons (Fsp3) is 0.600. The van der Waals surface area contributed by atoms with Gasteiger partial charge in [0.2, 0.25) is 0 Å². The van der Waals surface area contributed by atoms with Crippen molar-refractivity contribution in [1.29, 1.82) is 0 Å². The quantitative estimate of drug-likeness (QED) is 0.745. The normalized spacial score (nSPS) is 22.1. The second-order valence-corrected chi connectivity index (χ2v) is 4.19. The molecule has 0 radical (unpaired) electrons. The molecular weight excluding hydrogens is 194 g/mol. The third-order valence-corrected chi connectivity index (χ3v) is 2.92. The van der Waals surface area contributed by atoms with Crippen LogP contribution in [0.25, 0.3) is 0 Å². The van der Waals surface area contributed by atoms with E-state index in [2.05, 4.69) is 11.9 Å². The van der Waals surface area contributed by atoms with Crippen LogP contribution >= 0.6 is 0 Å². The molecule has 2 unspecified atom stereocenters. The van der Waals surface area contributed by atoms with Crippen molar-refractivity contribution < 1.29 is 9.90 Å². The average Bonchev–Trinajstić information content (AvgIpc) is 2.59. The van der Waals surface area contributed by atoms with Gasteiger partial charge in [-0.3, -0.25) is 4.79 Å². The van der Waals surface area contributed by atoms with Crippen LogP contribution < -0.4 is 5.73 Å². The smallest absolute Gasteiger partial charge is 0.326 e. The minimum atomic E-state index is -1.02. The summed E-state index contributed by atoms with van der Waals surface area (Å²) < 4.78 is 2.02. The van der Waals surface area contributed by atoms with Gasteiger partial charge in [0.15, 0.2) is 0 Å². The summed E-state index contributed by atoms with van der Waals surface area (Å²) in [4.78, 5) is 14.9. The predicted molar refractivity (Wildman–Crippen MR) is 54.3 cm³/mol. The van der Waals surface area contributed by atoms with Gasteiger partial charge in [0.05, 0.1) is 12.0 Å². The van der Waals surface area contributed by atoms with Gasteiger partial charge in [0, 0.05) is 12.2 Å². The van der Waals surface area contributed by atoms with E-state index in [0.29, 0.717) is 11.6 Å². The van der Waals surface area contributed by atoms with Crippen molar-refractivity contribution in [1.82, 2.24) is 9.55 Å². The lowest BCUT2D eigenvalue weighted by Gasteiger charge is -2.21. The van der Waals surface area contributed by atoms with E-state index in [1.165, 1.54) is 0 Å².